The second kappa shape index (κ2) is 4.63. The van der Waals surface area contributed by atoms with Gasteiger partial charge in [-0.3, -0.25) is 4.90 Å². The first-order valence-electron chi connectivity index (χ1n) is 6.53. The van der Waals surface area contributed by atoms with Gasteiger partial charge in [-0.15, -0.1) is 11.6 Å². The second-order valence-corrected chi connectivity index (χ2v) is 6.28. The molecule has 0 aromatic heterocycles. The Labute approximate surface area is 99.2 Å². The van der Waals surface area contributed by atoms with Gasteiger partial charge in [0.05, 0.1) is 5.38 Å². The van der Waals surface area contributed by atoms with Crippen LogP contribution in [0.3, 0.4) is 0 Å². The summed E-state index contributed by atoms with van der Waals surface area (Å²) >= 11 is 6.42. The van der Waals surface area contributed by atoms with Crippen molar-refractivity contribution in [1.82, 2.24) is 4.90 Å². The van der Waals surface area contributed by atoms with E-state index in [-0.39, 0.29) is 5.54 Å². The summed E-state index contributed by atoms with van der Waals surface area (Å²) in [5, 5.41) is 0.348. The van der Waals surface area contributed by atoms with E-state index < -0.39 is 0 Å². The van der Waals surface area contributed by atoms with Gasteiger partial charge in [-0.1, -0.05) is 25.7 Å². The normalized spacial score (nSPS) is 34.2. The lowest BCUT2D eigenvalue weighted by atomic mass is 9.97. The SMILES string of the molecule is CC1(C)C(Cl)CCN1C1CCCCCC1. The molecule has 0 amide bonds. The summed E-state index contributed by atoms with van der Waals surface area (Å²) in [6.07, 6.45) is 9.68. The predicted octanol–water partition coefficient (Wildman–Crippen LogP) is 3.80. The van der Waals surface area contributed by atoms with E-state index in [1.165, 1.54) is 51.5 Å². The third-order valence-electron chi connectivity index (χ3n) is 4.40. The molecular formula is C13H24ClN. The van der Waals surface area contributed by atoms with Crippen molar-refractivity contribution in [1.29, 1.82) is 0 Å². The molecule has 88 valence electrons. The smallest absolute Gasteiger partial charge is 0.0526 e. The van der Waals surface area contributed by atoms with Crippen LogP contribution in [-0.2, 0) is 0 Å². The number of hydrogen-bond acceptors (Lipinski definition) is 1. The lowest BCUT2D eigenvalue weighted by Crippen LogP contribution is -2.48. The Morgan fingerprint density at radius 1 is 1.00 bits per heavy atom. The standard InChI is InChI=1S/C13H24ClN/c1-13(2)12(14)9-10-15(13)11-7-5-3-4-6-8-11/h11-12H,3-10H2,1-2H3. The van der Waals surface area contributed by atoms with Crippen LogP contribution in [0.2, 0.25) is 0 Å². The van der Waals surface area contributed by atoms with E-state index in [2.05, 4.69) is 18.7 Å². The highest BCUT2D eigenvalue weighted by atomic mass is 35.5. The van der Waals surface area contributed by atoms with E-state index in [4.69, 9.17) is 11.6 Å². The minimum Gasteiger partial charge on any atom is -0.294 e. The molecule has 15 heavy (non-hydrogen) atoms. The molecule has 1 saturated heterocycles. The van der Waals surface area contributed by atoms with Crippen molar-refractivity contribution in [3.05, 3.63) is 0 Å². The van der Waals surface area contributed by atoms with Crippen molar-refractivity contribution in [2.45, 2.75) is 75.8 Å². The molecular weight excluding hydrogens is 206 g/mol. The highest BCUT2D eigenvalue weighted by molar-refractivity contribution is 6.21. The number of halogens is 1. The maximum absolute atomic E-state index is 6.42. The first-order chi connectivity index (χ1) is 7.12. The fourth-order valence-electron chi connectivity index (χ4n) is 3.30. The van der Waals surface area contributed by atoms with Crippen LogP contribution in [0, 0.1) is 0 Å². The van der Waals surface area contributed by atoms with Crippen LogP contribution in [0.4, 0.5) is 0 Å². The van der Waals surface area contributed by atoms with Crippen LogP contribution in [0.1, 0.15) is 58.8 Å². The second-order valence-electron chi connectivity index (χ2n) is 5.75. The Bertz CT molecular complexity index is 207. The van der Waals surface area contributed by atoms with Gasteiger partial charge >= 0.3 is 0 Å². The van der Waals surface area contributed by atoms with Crippen LogP contribution < -0.4 is 0 Å². The summed E-state index contributed by atoms with van der Waals surface area (Å²) in [6, 6.07) is 0.811. The molecule has 1 atom stereocenters. The first kappa shape index (κ1) is 11.7. The molecule has 0 aromatic carbocycles. The topological polar surface area (TPSA) is 3.24 Å². The van der Waals surface area contributed by atoms with Crippen LogP contribution in [-0.4, -0.2) is 28.4 Å². The minimum atomic E-state index is 0.219. The van der Waals surface area contributed by atoms with Crippen LogP contribution in [0.5, 0.6) is 0 Å². The Hall–Kier alpha value is 0.250. The van der Waals surface area contributed by atoms with Crippen molar-refractivity contribution in [2.24, 2.45) is 0 Å². The molecule has 0 spiro atoms. The third-order valence-corrected chi connectivity index (χ3v) is 5.15. The highest BCUT2D eigenvalue weighted by Gasteiger charge is 2.43. The number of alkyl halides is 1. The zero-order valence-corrected chi connectivity index (χ0v) is 10.9. The van der Waals surface area contributed by atoms with Gasteiger partial charge in [0.1, 0.15) is 0 Å². The molecule has 0 N–H and O–H groups in total. The van der Waals surface area contributed by atoms with E-state index >= 15 is 0 Å². The van der Waals surface area contributed by atoms with E-state index in [0.717, 1.165) is 6.04 Å². The largest absolute Gasteiger partial charge is 0.294 e. The van der Waals surface area contributed by atoms with Crippen molar-refractivity contribution in [3.8, 4) is 0 Å². The quantitative estimate of drug-likeness (QED) is 0.488. The molecule has 2 heteroatoms. The molecule has 2 fully saturated rings. The fraction of sp³-hybridized carbons (Fsp3) is 1.00. The third kappa shape index (κ3) is 2.34. The highest BCUT2D eigenvalue weighted by Crippen LogP contribution is 2.37. The molecule has 0 aromatic rings. The zero-order chi connectivity index (χ0) is 10.9. The van der Waals surface area contributed by atoms with Crippen LogP contribution in [0.15, 0.2) is 0 Å². The predicted molar refractivity (Wildman–Crippen MR) is 66.5 cm³/mol. The number of likely N-dealkylation sites (tertiary alicyclic amines) is 1. The van der Waals surface area contributed by atoms with Gasteiger partial charge in [0.25, 0.3) is 0 Å². The number of nitrogens with zero attached hydrogens (tertiary/aromatic N) is 1. The van der Waals surface area contributed by atoms with Gasteiger partial charge in [0.15, 0.2) is 0 Å². The maximum atomic E-state index is 6.42. The van der Waals surface area contributed by atoms with E-state index in [9.17, 15) is 0 Å². The van der Waals surface area contributed by atoms with Gasteiger partial charge in [0.2, 0.25) is 0 Å². The molecule has 2 aliphatic rings. The molecule has 1 aliphatic heterocycles. The fourth-order valence-corrected chi connectivity index (χ4v) is 3.52. The lowest BCUT2D eigenvalue weighted by molar-refractivity contribution is 0.106. The number of rotatable bonds is 1. The average molecular weight is 230 g/mol. The molecule has 1 nitrogen and oxygen atoms in total. The van der Waals surface area contributed by atoms with Crippen LogP contribution >= 0.6 is 11.6 Å². The summed E-state index contributed by atoms with van der Waals surface area (Å²) in [6.45, 7) is 5.86. The van der Waals surface area contributed by atoms with Gasteiger partial charge in [-0.2, -0.15) is 0 Å². The van der Waals surface area contributed by atoms with E-state index in [0.29, 0.717) is 5.38 Å². The van der Waals surface area contributed by atoms with Crippen LogP contribution in [0.25, 0.3) is 0 Å². The summed E-state index contributed by atoms with van der Waals surface area (Å²) < 4.78 is 0. The Morgan fingerprint density at radius 3 is 2.07 bits per heavy atom. The van der Waals surface area contributed by atoms with Gasteiger partial charge in [-0.05, 0) is 33.1 Å². The van der Waals surface area contributed by atoms with Gasteiger partial charge in [0, 0.05) is 18.1 Å². The molecule has 0 bridgehead atoms. The van der Waals surface area contributed by atoms with E-state index in [1.807, 2.05) is 0 Å². The molecule has 1 saturated carbocycles. The number of hydrogen-bond donors (Lipinski definition) is 0. The molecule has 1 heterocycles. The molecule has 2 rings (SSSR count). The van der Waals surface area contributed by atoms with Crippen molar-refractivity contribution in [3.63, 3.8) is 0 Å². The minimum absolute atomic E-state index is 0.219. The Kier molecular flexibility index (Phi) is 3.62. The zero-order valence-electron chi connectivity index (χ0n) is 10.1. The average Bonchev–Trinajstić information content (AvgIpc) is 2.46. The van der Waals surface area contributed by atoms with E-state index in [1.54, 1.807) is 0 Å². The Balaban J connectivity index is 2.03. The van der Waals surface area contributed by atoms with Crippen molar-refractivity contribution >= 4 is 11.6 Å². The molecule has 1 aliphatic carbocycles. The van der Waals surface area contributed by atoms with Crippen molar-refractivity contribution in [2.75, 3.05) is 6.54 Å². The van der Waals surface area contributed by atoms with Gasteiger partial charge in [-0.25, -0.2) is 0 Å². The first-order valence-corrected chi connectivity index (χ1v) is 6.97. The molecule has 0 radical (unpaired) electrons. The van der Waals surface area contributed by atoms with Crippen molar-refractivity contribution < 1.29 is 0 Å². The summed E-state index contributed by atoms with van der Waals surface area (Å²) in [7, 11) is 0. The maximum Gasteiger partial charge on any atom is 0.0526 e. The molecule has 1 unspecified atom stereocenters. The summed E-state index contributed by atoms with van der Waals surface area (Å²) in [4.78, 5) is 2.69. The monoisotopic (exact) mass is 229 g/mol. The lowest BCUT2D eigenvalue weighted by Gasteiger charge is -2.39. The summed E-state index contributed by atoms with van der Waals surface area (Å²) in [5.74, 6) is 0. The Morgan fingerprint density at radius 2 is 1.60 bits per heavy atom. The van der Waals surface area contributed by atoms with Gasteiger partial charge < -0.3 is 0 Å². The summed E-state index contributed by atoms with van der Waals surface area (Å²) in [5.41, 5.74) is 0.219.